The molecule has 3 N–H and O–H groups in total. The van der Waals surface area contributed by atoms with Crippen LogP contribution in [0.2, 0.25) is 5.02 Å². The highest BCUT2D eigenvalue weighted by Crippen LogP contribution is 2.36. The molecular weight excluding hydrogens is 464 g/mol. The molecule has 0 saturated carbocycles. The molecule has 0 spiro atoms. The normalized spacial score (nSPS) is 18.1. The summed E-state index contributed by atoms with van der Waals surface area (Å²) in [4.78, 5) is 11.5. The molecule has 0 bridgehead atoms. The van der Waals surface area contributed by atoms with Crippen molar-refractivity contribution in [1.82, 2.24) is 14.5 Å². The average Bonchev–Trinajstić information content (AvgIpc) is 3.15. The van der Waals surface area contributed by atoms with Gasteiger partial charge < -0.3 is 30.0 Å². The molecule has 1 fully saturated rings. The minimum absolute atomic E-state index is 0.197. The fourth-order valence-corrected chi connectivity index (χ4v) is 4.90. The van der Waals surface area contributed by atoms with Crippen molar-refractivity contribution in [3.05, 3.63) is 53.8 Å². The summed E-state index contributed by atoms with van der Waals surface area (Å²) in [6.07, 6.45) is 4.05. The van der Waals surface area contributed by atoms with Gasteiger partial charge in [-0.2, -0.15) is 0 Å². The molecule has 9 heteroatoms. The smallest absolute Gasteiger partial charge is 0.227 e. The maximum Gasteiger partial charge on any atom is 0.227 e. The Balaban J connectivity index is 1.51. The summed E-state index contributed by atoms with van der Waals surface area (Å²) in [7, 11) is 3.64. The highest BCUT2D eigenvalue weighted by molar-refractivity contribution is 6.33. The molecule has 5 rings (SSSR count). The van der Waals surface area contributed by atoms with Gasteiger partial charge in [0.05, 0.1) is 47.4 Å². The first-order valence-electron chi connectivity index (χ1n) is 11.6. The molecule has 0 aliphatic carbocycles. The Labute approximate surface area is 209 Å². The summed E-state index contributed by atoms with van der Waals surface area (Å²) in [5.74, 6) is 1.04. The van der Waals surface area contributed by atoms with Crippen LogP contribution < -0.4 is 20.7 Å². The molecule has 8 nitrogen and oxygen atoms in total. The summed E-state index contributed by atoms with van der Waals surface area (Å²) >= 11 is 6.58. The minimum Gasteiger partial charge on any atom is -0.495 e. The molecule has 2 aromatic carbocycles. The van der Waals surface area contributed by atoms with E-state index in [9.17, 15) is 0 Å². The number of halogens is 1. The number of benzene rings is 2. The van der Waals surface area contributed by atoms with Crippen molar-refractivity contribution in [2.45, 2.75) is 26.1 Å². The van der Waals surface area contributed by atoms with Crippen LogP contribution in [0.1, 0.15) is 13.8 Å². The summed E-state index contributed by atoms with van der Waals surface area (Å²) in [5, 5.41) is 4.75. The molecule has 1 saturated heterocycles. The molecule has 35 heavy (non-hydrogen) atoms. The number of aromatic nitrogens is 3. The van der Waals surface area contributed by atoms with Crippen LogP contribution in [0.15, 0.2) is 48.8 Å². The monoisotopic (exact) mass is 492 g/mol. The molecule has 0 radical (unpaired) electrons. The van der Waals surface area contributed by atoms with Crippen LogP contribution in [-0.4, -0.2) is 46.9 Å². The predicted octanol–water partition coefficient (Wildman–Crippen LogP) is 5.24. The number of methoxy groups -OCH3 is 1. The van der Waals surface area contributed by atoms with Gasteiger partial charge in [0.2, 0.25) is 5.95 Å². The molecule has 182 valence electrons. The first kappa shape index (κ1) is 23.3. The number of fused-ring (bicyclic) bond motifs is 1. The summed E-state index contributed by atoms with van der Waals surface area (Å²) < 4.78 is 13.4. The van der Waals surface area contributed by atoms with E-state index >= 15 is 0 Å². The van der Waals surface area contributed by atoms with Gasteiger partial charge in [-0.1, -0.05) is 17.7 Å². The lowest BCUT2D eigenvalue weighted by atomic mass is 10.1. The van der Waals surface area contributed by atoms with E-state index in [0.717, 1.165) is 29.6 Å². The van der Waals surface area contributed by atoms with E-state index in [0.29, 0.717) is 33.8 Å². The molecule has 2 atom stereocenters. The second-order valence-corrected chi connectivity index (χ2v) is 9.40. The number of anilines is 4. The van der Waals surface area contributed by atoms with Gasteiger partial charge in [0.1, 0.15) is 5.75 Å². The van der Waals surface area contributed by atoms with Gasteiger partial charge >= 0.3 is 0 Å². The number of nitrogens with one attached hydrogen (secondary N) is 1. The van der Waals surface area contributed by atoms with Gasteiger partial charge in [-0.25, -0.2) is 9.97 Å². The number of nitrogen functional groups attached to an aromatic ring is 1. The minimum atomic E-state index is 0.197. The lowest BCUT2D eigenvalue weighted by molar-refractivity contribution is -0.00521. The van der Waals surface area contributed by atoms with Crippen molar-refractivity contribution in [2.75, 3.05) is 36.1 Å². The maximum absolute atomic E-state index is 6.58. The quantitative estimate of drug-likeness (QED) is 0.368. The summed E-state index contributed by atoms with van der Waals surface area (Å²) in [6, 6.07) is 11.9. The SMILES string of the molecule is COc1ccc(N)cc1Nc1ncc(Cl)c(-c2cn(C)c3cc(N4CC(C)OC(C)C4)ccc23)n1. The third-order valence-electron chi connectivity index (χ3n) is 6.23. The maximum atomic E-state index is 6.58. The van der Waals surface area contributed by atoms with Crippen LogP contribution in [0.4, 0.5) is 23.0 Å². The molecule has 1 aliphatic rings. The van der Waals surface area contributed by atoms with Crippen molar-refractivity contribution in [1.29, 1.82) is 0 Å². The van der Waals surface area contributed by atoms with Crippen LogP contribution >= 0.6 is 11.6 Å². The van der Waals surface area contributed by atoms with E-state index in [1.807, 2.05) is 7.05 Å². The summed E-state index contributed by atoms with van der Waals surface area (Å²) in [6.45, 7) is 5.97. The lowest BCUT2D eigenvalue weighted by Gasteiger charge is -2.36. The molecule has 0 amide bonds. The zero-order valence-electron chi connectivity index (χ0n) is 20.2. The number of hydrogen-bond donors (Lipinski definition) is 2. The largest absolute Gasteiger partial charge is 0.495 e. The zero-order valence-corrected chi connectivity index (χ0v) is 21.0. The highest BCUT2D eigenvalue weighted by Gasteiger charge is 2.23. The predicted molar refractivity (Wildman–Crippen MR) is 142 cm³/mol. The van der Waals surface area contributed by atoms with Gasteiger partial charge in [-0.05, 0) is 44.2 Å². The van der Waals surface area contributed by atoms with Crippen molar-refractivity contribution < 1.29 is 9.47 Å². The Hall–Kier alpha value is -3.49. The number of nitrogens with zero attached hydrogens (tertiary/aromatic N) is 4. The van der Waals surface area contributed by atoms with Crippen molar-refractivity contribution in [2.24, 2.45) is 7.05 Å². The van der Waals surface area contributed by atoms with Crippen LogP contribution in [0, 0.1) is 0 Å². The van der Waals surface area contributed by atoms with Crippen molar-refractivity contribution in [3.8, 4) is 17.0 Å². The van der Waals surface area contributed by atoms with E-state index < -0.39 is 0 Å². The topological polar surface area (TPSA) is 90.5 Å². The Morgan fingerprint density at radius 1 is 1.14 bits per heavy atom. The van der Waals surface area contributed by atoms with E-state index in [1.54, 1.807) is 31.5 Å². The Kier molecular flexibility index (Phi) is 6.17. The van der Waals surface area contributed by atoms with Crippen molar-refractivity contribution >= 4 is 45.5 Å². The van der Waals surface area contributed by atoms with Gasteiger partial charge in [0, 0.05) is 48.7 Å². The number of aryl methyl sites for hydroxylation is 1. The number of hydrogen-bond acceptors (Lipinski definition) is 7. The fourth-order valence-electron chi connectivity index (χ4n) is 4.71. The van der Waals surface area contributed by atoms with Crippen LogP contribution in [0.5, 0.6) is 5.75 Å². The second-order valence-electron chi connectivity index (χ2n) is 8.99. The lowest BCUT2D eigenvalue weighted by Crippen LogP contribution is -2.45. The number of morpholine rings is 1. The number of ether oxygens (including phenoxy) is 2. The number of nitrogens with two attached hydrogens (primary N) is 1. The molecule has 3 heterocycles. The standard InChI is InChI=1S/C26H29ClN6O2/c1-15-12-33(13-16(2)35-15)18-6-7-19-20(14-32(3)23(19)10-18)25-21(27)11-29-26(31-25)30-22-9-17(28)5-8-24(22)34-4/h5-11,14-16H,12-13,28H2,1-4H3,(H,29,30,31). The fraction of sp³-hybridized carbons (Fsp3) is 0.308. The molecule has 2 aromatic heterocycles. The van der Waals surface area contributed by atoms with E-state index in [2.05, 4.69) is 58.0 Å². The third-order valence-corrected chi connectivity index (χ3v) is 6.50. The Morgan fingerprint density at radius 2 is 1.91 bits per heavy atom. The number of rotatable bonds is 5. The van der Waals surface area contributed by atoms with Gasteiger partial charge in [0.25, 0.3) is 0 Å². The highest BCUT2D eigenvalue weighted by atomic mass is 35.5. The van der Waals surface area contributed by atoms with Gasteiger partial charge in [0.15, 0.2) is 0 Å². The first-order valence-corrected chi connectivity index (χ1v) is 11.9. The molecule has 2 unspecified atom stereocenters. The first-order chi connectivity index (χ1) is 16.8. The van der Waals surface area contributed by atoms with Crippen LogP contribution in [-0.2, 0) is 11.8 Å². The Bertz CT molecular complexity index is 1380. The Morgan fingerprint density at radius 3 is 2.66 bits per heavy atom. The van der Waals surface area contributed by atoms with Gasteiger partial charge in [-0.3, -0.25) is 0 Å². The molecule has 4 aromatic rings. The summed E-state index contributed by atoms with van der Waals surface area (Å²) in [5.41, 5.74) is 11.1. The van der Waals surface area contributed by atoms with Crippen LogP contribution in [0.25, 0.3) is 22.2 Å². The van der Waals surface area contributed by atoms with E-state index in [-0.39, 0.29) is 12.2 Å². The van der Waals surface area contributed by atoms with Crippen molar-refractivity contribution in [3.63, 3.8) is 0 Å². The zero-order chi connectivity index (χ0) is 24.7. The second kappa shape index (κ2) is 9.28. The van der Waals surface area contributed by atoms with Gasteiger partial charge in [-0.15, -0.1) is 0 Å². The third kappa shape index (κ3) is 4.59. The van der Waals surface area contributed by atoms with E-state index in [4.69, 9.17) is 31.8 Å². The van der Waals surface area contributed by atoms with Crippen LogP contribution in [0.3, 0.4) is 0 Å². The average molecular weight is 493 g/mol. The van der Waals surface area contributed by atoms with E-state index in [1.165, 1.54) is 5.69 Å². The molecular formula is C26H29ClN6O2. The molecule has 1 aliphatic heterocycles.